The van der Waals surface area contributed by atoms with Gasteiger partial charge in [-0.15, -0.1) is 0 Å². The average molecular weight is 570 g/mol. The van der Waals surface area contributed by atoms with Crippen LogP contribution < -0.4 is 10.5 Å². The van der Waals surface area contributed by atoms with Gasteiger partial charge in [0.15, 0.2) is 0 Å². The minimum atomic E-state index is -4.78. The van der Waals surface area contributed by atoms with E-state index in [9.17, 15) is 25.9 Å². The molecule has 0 aliphatic rings. The van der Waals surface area contributed by atoms with Gasteiger partial charge in [-0.1, -0.05) is 6.07 Å². The molecule has 202 valence electrons. The molecule has 0 bridgehead atoms. The number of azo groups is 2. The van der Waals surface area contributed by atoms with Crippen molar-refractivity contribution in [1.29, 1.82) is 0 Å². The van der Waals surface area contributed by atoms with Crippen molar-refractivity contribution in [2.75, 3.05) is 12.8 Å². The van der Waals surface area contributed by atoms with E-state index in [4.69, 9.17) is 10.5 Å². The Morgan fingerprint density at radius 1 is 0.718 bits per heavy atom. The third-order valence-electron chi connectivity index (χ3n) is 5.72. The van der Waals surface area contributed by atoms with Crippen LogP contribution in [-0.4, -0.2) is 33.1 Å². The SMILES string of the molecule is COc1cc(N=Nc2ccc(N=Nc3ccc4c(S(=O)(=O)O)cc(S(=O)(=O)O)cc4c3)c(C)c2)c(C)cc1N. The zero-order valence-electron chi connectivity index (χ0n) is 20.9. The number of benzene rings is 4. The molecule has 14 heteroatoms. The molecule has 0 atom stereocenters. The van der Waals surface area contributed by atoms with Crippen LogP contribution >= 0.6 is 0 Å². The number of nitrogen functional groups attached to an aromatic ring is 1. The molecule has 39 heavy (non-hydrogen) atoms. The maximum Gasteiger partial charge on any atom is 0.295 e. The summed E-state index contributed by atoms with van der Waals surface area (Å²) in [6, 6.07) is 14.5. The van der Waals surface area contributed by atoms with Crippen LogP contribution in [0, 0.1) is 13.8 Å². The van der Waals surface area contributed by atoms with E-state index in [-0.39, 0.29) is 16.5 Å². The Balaban J connectivity index is 1.63. The van der Waals surface area contributed by atoms with Crippen LogP contribution in [0.15, 0.2) is 90.9 Å². The molecule has 12 nitrogen and oxygen atoms in total. The lowest BCUT2D eigenvalue weighted by Gasteiger charge is -2.08. The van der Waals surface area contributed by atoms with Crippen LogP contribution in [0.5, 0.6) is 5.75 Å². The Kier molecular flexibility index (Phi) is 7.48. The first-order valence-corrected chi connectivity index (χ1v) is 14.1. The third kappa shape index (κ3) is 6.26. The normalized spacial score (nSPS) is 12.5. The number of fused-ring (bicyclic) bond motifs is 1. The van der Waals surface area contributed by atoms with Crippen molar-refractivity contribution in [3.63, 3.8) is 0 Å². The summed E-state index contributed by atoms with van der Waals surface area (Å²) < 4.78 is 71.0. The van der Waals surface area contributed by atoms with Gasteiger partial charge in [-0.05, 0) is 78.9 Å². The van der Waals surface area contributed by atoms with E-state index in [1.807, 2.05) is 13.8 Å². The number of methoxy groups -OCH3 is 1. The molecule has 0 amide bonds. The fourth-order valence-corrected chi connectivity index (χ4v) is 5.10. The number of nitrogens with zero attached hydrogens (tertiary/aromatic N) is 4. The van der Waals surface area contributed by atoms with Gasteiger partial charge < -0.3 is 10.5 Å². The molecular weight excluding hydrogens is 546 g/mol. The zero-order chi connectivity index (χ0) is 28.5. The molecular formula is C25H23N5O7S2. The zero-order valence-corrected chi connectivity index (χ0v) is 22.5. The van der Waals surface area contributed by atoms with Gasteiger partial charge in [0.05, 0.1) is 40.4 Å². The molecule has 0 aliphatic carbocycles. The summed E-state index contributed by atoms with van der Waals surface area (Å²) in [7, 11) is -8.00. The maximum absolute atomic E-state index is 11.8. The highest BCUT2D eigenvalue weighted by molar-refractivity contribution is 7.86. The molecule has 0 heterocycles. The molecule has 4 N–H and O–H groups in total. The Bertz CT molecular complexity index is 1890. The summed E-state index contributed by atoms with van der Waals surface area (Å²) in [5.74, 6) is 0.499. The molecule has 0 saturated heterocycles. The summed E-state index contributed by atoms with van der Waals surface area (Å²) in [6.45, 7) is 3.67. The highest BCUT2D eigenvalue weighted by Crippen LogP contribution is 2.34. The van der Waals surface area contributed by atoms with Gasteiger partial charge >= 0.3 is 0 Å². The van der Waals surface area contributed by atoms with Crippen LogP contribution in [0.3, 0.4) is 0 Å². The lowest BCUT2D eigenvalue weighted by Crippen LogP contribution is -2.04. The topological polar surface area (TPSA) is 193 Å². The second-order valence-corrected chi connectivity index (χ2v) is 11.3. The van der Waals surface area contributed by atoms with Crippen molar-refractivity contribution in [3.05, 3.63) is 71.8 Å². The van der Waals surface area contributed by atoms with Crippen molar-refractivity contribution in [3.8, 4) is 5.75 Å². The minimum absolute atomic E-state index is 0.0451. The first-order valence-electron chi connectivity index (χ1n) is 11.2. The Hall–Kier alpha value is -4.24. The van der Waals surface area contributed by atoms with Crippen molar-refractivity contribution >= 4 is 59.4 Å². The fourth-order valence-electron chi connectivity index (χ4n) is 3.74. The second kappa shape index (κ2) is 10.5. The monoisotopic (exact) mass is 569 g/mol. The molecule has 0 fully saturated rings. The van der Waals surface area contributed by atoms with E-state index < -0.39 is 30.0 Å². The minimum Gasteiger partial charge on any atom is -0.495 e. The number of hydrogen-bond acceptors (Lipinski definition) is 10. The highest BCUT2D eigenvalue weighted by atomic mass is 32.2. The molecule has 0 saturated carbocycles. The van der Waals surface area contributed by atoms with E-state index in [2.05, 4.69) is 20.5 Å². The molecule has 0 unspecified atom stereocenters. The van der Waals surface area contributed by atoms with Gasteiger partial charge in [0.25, 0.3) is 20.2 Å². The summed E-state index contributed by atoms with van der Waals surface area (Å²) >= 11 is 0. The number of aryl methyl sites for hydroxylation is 2. The van der Waals surface area contributed by atoms with Crippen LogP contribution in [0.1, 0.15) is 11.1 Å². The fraction of sp³-hybridized carbons (Fsp3) is 0.120. The van der Waals surface area contributed by atoms with Crippen LogP contribution in [0.25, 0.3) is 10.8 Å². The summed E-state index contributed by atoms with van der Waals surface area (Å²) in [4.78, 5) is -1.35. The number of anilines is 1. The van der Waals surface area contributed by atoms with Gasteiger partial charge in [-0.3, -0.25) is 9.11 Å². The molecule has 0 aromatic heterocycles. The lowest BCUT2D eigenvalue weighted by molar-refractivity contribution is 0.417. The van der Waals surface area contributed by atoms with Crippen LogP contribution in [0.2, 0.25) is 0 Å². The standard InChI is InChI=1S/C25H23N5O7S2/c1-14-8-17(27-30-23-13-24(37-3)21(26)9-15(23)2)5-7-22(14)29-28-18-4-6-20-16(10-18)11-19(38(31,32)33)12-25(20)39(34,35)36/h4-13H,26H2,1-3H3,(H,31,32,33)(H,34,35,36). The predicted molar refractivity (Wildman–Crippen MR) is 145 cm³/mol. The number of hydrogen-bond donors (Lipinski definition) is 3. The molecule has 0 radical (unpaired) electrons. The summed E-state index contributed by atoms with van der Waals surface area (Å²) in [5, 5.41) is 17.1. The molecule has 0 spiro atoms. The summed E-state index contributed by atoms with van der Waals surface area (Å²) in [6.07, 6.45) is 0. The highest BCUT2D eigenvalue weighted by Gasteiger charge is 2.20. The van der Waals surface area contributed by atoms with E-state index in [0.29, 0.717) is 34.6 Å². The first kappa shape index (κ1) is 27.8. The summed E-state index contributed by atoms with van der Waals surface area (Å²) in [5.41, 5.74) is 9.95. The Labute approximate surface area is 224 Å². The van der Waals surface area contributed by atoms with Crippen molar-refractivity contribution in [2.45, 2.75) is 23.6 Å². The van der Waals surface area contributed by atoms with Gasteiger partial charge in [0.1, 0.15) is 10.6 Å². The lowest BCUT2D eigenvalue weighted by atomic mass is 10.1. The average Bonchev–Trinajstić information content (AvgIpc) is 2.85. The second-order valence-electron chi connectivity index (χ2n) is 8.53. The Morgan fingerprint density at radius 3 is 1.95 bits per heavy atom. The smallest absolute Gasteiger partial charge is 0.295 e. The van der Waals surface area contributed by atoms with Gasteiger partial charge in [-0.2, -0.15) is 37.3 Å². The van der Waals surface area contributed by atoms with Gasteiger partial charge in [0, 0.05) is 11.5 Å². The predicted octanol–water partition coefficient (Wildman–Crippen LogP) is 6.37. The van der Waals surface area contributed by atoms with Crippen molar-refractivity contribution < 1.29 is 30.7 Å². The quantitative estimate of drug-likeness (QED) is 0.130. The Morgan fingerprint density at radius 2 is 1.33 bits per heavy atom. The van der Waals surface area contributed by atoms with Crippen molar-refractivity contribution in [2.24, 2.45) is 20.5 Å². The molecule has 0 aliphatic heterocycles. The van der Waals surface area contributed by atoms with Crippen LogP contribution in [0.4, 0.5) is 28.4 Å². The van der Waals surface area contributed by atoms with Crippen molar-refractivity contribution in [1.82, 2.24) is 0 Å². The van der Waals surface area contributed by atoms with Gasteiger partial charge in [0.2, 0.25) is 0 Å². The van der Waals surface area contributed by atoms with Crippen LogP contribution in [-0.2, 0) is 20.2 Å². The molecule has 4 rings (SSSR count). The van der Waals surface area contributed by atoms with E-state index in [1.54, 1.807) is 30.3 Å². The maximum atomic E-state index is 11.8. The largest absolute Gasteiger partial charge is 0.495 e. The first-order chi connectivity index (χ1) is 18.3. The van der Waals surface area contributed by atoms with E-state index in [1.165, 1.54) is 25.3 Å². The van der Waals surface area contributed by atoms with E-state index >= 15 is 0 Å². The van der Waals surface area contributed by atoms with Gasteiger partial charge in [-0.25, -0.2) is 0 Å². The third-order valence-corrected chi connectivity index (χ3v) is 7.45. The number of rotatable bonds is 7. The molecule has 4 aromatic carbocycles. The van der Waals surface area contributed by atoms with E-state index in [0.717, 1.165) is 17.2 Å². The molecule has 4 aromatic rings. The number of nitrogens with two attached hydrogens (primary N) is 1. The number of ether oxygens (including phenoxy) is 1.